The Balaban J connectivity index is 1.67. The van der Waals surface area contributed by atoms with Gasteiger partial charge in [-0.05, 0) is 56.5 Å². The summed E-state index contributed by atoms with van der Waals surface area (Å²) in [5.74, 6) is 0.855. The third-order valence-corrected chi connectivity index (χ3v) is 5.10. The van der Waals surface area contributed by atoms with Crippen molar-refractivity contribution in [2.75, 3.05) is 19.6 Å². The van der Waals surface area contributed by atoms with Crippen LogP contribution >= 0.6 is 0 Å². The van der Waals surface area contributed by atoms with Crippen molar-refractivity contribution in [1.82, 2.24) is 15.2 Å². The van der Waals surface area contributed by atoms with E-state index in [0.29, 0.717) is 0 Å². The fraction of sp³-hybridized carbons (Fsp3) is 0.500. The lowest BCUT2D eigenvalue weighted by Gasteiger charge is -2.37. The highest BCUT2D eigenvalue weighted by Crippen LogP contribution is 2.29. The van der Waals surface area contributed by atoms with Gasteiger partial charge in [0.05, 0.1) is 5.52 Å². The average Bonchev–Trinajstić information content (AvgIpc) is 2.96. The molecular formula is C18H23N3. The molecule has 3 nitrogen and oxygen atoms in total. The summed E-state index contributed by atoms with van der Waals surface area (Å²) in [6.45, 7) is 6.77. The summed E-state index contributed by atoms with van der Waals surface area (Å²) in [5, 5.41) is 4.89. The van der Waals surface area contributed by atoms with Crippen molar-refractivity contribution in [3.63, 3.8) is 0 Å². The molecule has 0 amide bonds. The normalized spacial score (nSPS) is 26.1. The first kappa shape index (κ1) is 13.2. The smallest absolute Gasteiger partial charge is 0.0708 e. The monoisotopic (exact) mass is 281 g/mol. The van der Waals surface area contributed by atoms with Crippen molar-refractivity contribution in [1.29, 1.82) is 0 Å². The predicted octanol–water partition coefficient (Wildman–Crippen LogP) is 2.73. The van der Waals surface area contributed by atoms with Gasteiger partial charge in [-0.25, -0.2) is 0 Å². The van der Waals surface area contributed by atoms with E-state index in [9.17, 15) is 0 Å². The second kappa shape index (κ2) is 5.39. The van der Waals surface area contributed by atoms with E-state index in [-0.39, 0.29) is 0 Å². The van der Waals surface area contributed by atoms with E-state index in [1.165, 1.54) is 36.9 Å². The molecule has 4 rings (SSSR count). The zero-order valence-corrected chi connectivity index (χ0v) is 12.7. The summed E-state index contributed by atoms with van der Waals surface area (Å²) in [6, 6.07) is 11.5. The van der Waals surface area contributed by atoms with Gasteiger partial charge in [0.15, 0.2) is 0 Å². The van der Waals surface area contributed by atoms with Crippen LogP contribution in [0.25, 0.3) is 10.9 Å². The molecule has 21 heavy (non-hydrogen) atoms. The van der Waals surface area contributed by atoms with E-state index in [2.05, 4.69) is 52.5 Å². The molecule has 1 N–H and O–H groups in total. The molecule has 1 aromatic heterocycles. The van der Waals surface area contributed by atoms with Crippen molar-refractivity contribution in [3.05, 3.63) is 41.6 Å². The number of aromatic nitrogens is 1. The van der Waals surface area contributed by atoms with Crippen LogP contribution in [0, 0.1) is 12.8 Å². The Labute approximate surface area is 126 Å². The minimum atomic E-state index is 0.728. The molecule has 2 saturated heterocycles. The van der Waals surface area contributed by atoms with E-state index < -0.39 is 0 Å². The first-order valence-corrected chi connectivity index (χ1v) is 8.11. The molecule has 0 bridgehead atoms. The van der Waals surface area contributed by atoms with Crippen molar-refractivity contribution in [3.8, 4) is 0 Å². The first-order valence-electron chi connectivity index (χ1n) is 8.11. The second-order valence-corrected chi connectivity index (χ2v) is 6.54. The predicted molar refractivity (Wildman–Crippen MR) is 86.3 cm³/mol. The van der Waals surface area contributed by atoms with Crippen LogP contribution in [0.4, 0.5) is 0 Å². The maximum absolute atomic E-state index is 4.67. The number of rotatable bonds is 2. The first-order chi connectivity index (χ1) is 10.3. The highest BCUT2D eigenvalue weighted by molar-refractivity contribution is 5.82. The Morgan fingerprint density at radius 2 is 2.19 bits per heavy atom. The number of hydrogen-bond acceptors (Lipinski definition) is 3. The second-order valence-electron chi connectivity index (χ2n) is 6.54. The maximum atomic E-state index is 4.67. The Hall–Kier alpha value is -1.45. The quantitative estimate of drug-likeness (QED) is 0.917. The third-order valence-electron chi connectivity index (χ3n) is 5.10. The van der Waals surface area contributed by atoms with Crippen molar-refractivity contribution >= 4 is 10.9 Å². The van der Waals surface area contributed by atoms with Crippen LogP contribution in [0.3, 0.4) is 0 Å². The van der Waals surface area contributed by atoms with Gasteiger partial charge in [0.2, 0.25) is 0 Å². The Morgan fingerprint density at radius 3 is 3.14 bits per heavy atom. The van der Waals surface area contributed by atoms with Gasteiger partial charge in [0.1, 0.15) is 0 Å². The number of nitrogens with one attached hydrogen (secondary N) is 1. The minimum absolute atomic E-state index is 0.728. The van der Waals surface area contributed by atoms with Crippen LogP contribution in [0.1, 0.15) is 24.1 Å². The molecule has 0 radical (unpaired) electrons. The lowest BCUT2D eigenvalue weighted by Crippen LogP contribution is -2.44. The van der Waals surface area contributed by atoms with Crippen molar-refractivity contribution in [2.45, 2.75) is 32.4 Å². The number of nitrogens with zero attached hydrogens (tertiary/aromatic N) is 2. The molecule has 2 aliphatic heterocycles. The number of benzene rings is 1. The van der Waals surface area contributed by atoms with Crippen LogP contribution in [-0.2, 0) is 6.54 Å². The number of aryl methyl sites for hydroxylation is 1. The van der Waals surface area contributed by atoms with Gasteiger partial charge >= 0.3 is 0 Å². The summed E-state index contributed by atoms with van der Waals surface area (Å²) >= 11 is 0. The van der Waals surface area contributed by atoms with Crippen LogP contribution in [0.15, 0.2) is 30.3 Å². The van der Waals surface area contributed by atoms with Gasteiger partial charge in [-0.15, -0.1) is 0 Å². The minimum Gasteiger partial charge on any atom is -0.315 e. The van der Waals surface area contributed by atoms with E-state index in [0.717, 1.165) is 36.3 Å². The fourth-order valence-electron chi connectivity index (χ4n) is 4.10. The number of piperidine rings is 1. The standard InChI is InChI=1S/C18H23N3/c1-13-9-15(16-6-2-3-7-17(16)20-13)12-21-8-4-5-14-10-19-11-18(14)21/h2-3,6-7,9,14,18-19H,4-5,8,10-12H2,1H3. The third kappa shape index (κ3) is 2.45. The Bertz CT molecular complexity index is 652. The summed E-state index contributed by atoms with van der Waals surface area (Å²) in [7, 11) is 0. The van der Waals surface area contributed by atoms with E-state index in [1.54, 1.807) is 0 Å². The molecule has 2 unspecified atom stereocenters. The van der Waals surface area contributed by atoms with E-state index in [1.807, 2.05) is 0 Å². The lowest BCUT2D eigenvalue weighted by atomic mass is 9.91. The molecule has 2 aliphatic rings. The van der Waals surface area contributed by atoms with Gasteiger partial charge in [-0.2, -0.15) is 0 Å². The van der Waals surface area contributed by atoms with Gasteiger partial charge in [0, 0.05) is 30.2 Å². The summed E-state index contributed by atoms with van der Waals surface area (Å²) in [6.07, 6.45) is 2.73. The highest BCUT2D eigenvalue weighted by atomic mass is 15.2. The largest absolute Gasteiger partial charge is 0.315 e. The van der Waals surface area contributed by atoms with E-state index in [4.69, 9.17) is 0 Å². The van der Waals surface area contributed by atoms with E-state index >= 15 is 0 Å². The molecule has 3 heterocycles. The molecule has 1 aromatic carbocycles. The Kier molecular flexibility index (Phi) is 3.40. The summed E-state index contributed by atoms with van der Waals surface area (Å²) in [4.78, 5) is 7.35. The summed E-state index contributed by atoms with van der Waals surface area (Å²) < 4.78 is 0. The van der Waals surface area contributed by atoms with Crippen molar-refractivity contribution < 1.29 is 0 Å². The zero-order chi connectivity index (χ0) is 14.2. The zero-order valence-electron chi connectivity index (χ0n) is 12.7. The molecule has 0 saturated carbocycles. The average molecular weight is 281 g/mol. The molecule has 2 atom stereocenters. The number of likely N-dealkylation sites (tertiary alicyclic amines) is 1. The number of para-hydroxylation sites is 1. The van der Waals surface area contributed by atoms with Gasteiger partial charge in [-0.3, -0.25) is 9.88 Å². The van der Waals surface area contributed by atoms with Crippen LogP contribution in [0.2, 0.25) is 0 Å². The number of pyridine rings is 1. The molecule has 2 aromatic rings. The van der Waals surface area contributed by atoms with Crippen molar-refractivity contribution in [2.24, 2.45) is 5.92 Å². The number of hydrogen-bond donors (Lipinski definition) is 1. The van der Waals surface area contributed by atoms with Crippen LogP contribution < -0.4 is 5.32 Å². The molecule has 0 spiro atoms. The van der Waals surface area contributed by atoms with Gasteiger partial charge in [-0.1, -0.05) is 18.2 Å². The van der Waals surface area contributed by atoms with Crippen LogP contribution in [0.5, 0.6) is 0 Å². The molecular weight excluding hydrogens is 258 g/mol. The number of fused-ring (bicyclic) bond motifs is 2. The van der Waals surface area contributed by atoms with Gasteiger partial charge < -0.3 is 5.32 Å². The topological polar surface area (TPSA) is 28.2 Å². The lowest BCUT2D eigenvalue weighted by molar-refractivity contribution is 0.118. The SMILES string of the molecule is Cc1cc(CN2CCCC3CNCC32)c2ccccc2n1. The molecule has 3 heteroatoms. The summed E-state index contributed by atoms with van der Waals surface area (Å²) in [5.41, 5.74) is 3.69. The molecule has 2 fully saturated rings. The molecule has 0 aliphatic carbocycles. The highest BCUT2D eigenvalue weighted by Gasteiger charge is 2.34. The van der Waals surface area contributed by atoms with Gasteiger partial charge in [0.25, 0.3) is 0 Å². The maximum Gasteiger partial charge on any atom is 0.0708 e. The van der Waals surface area contributed by atoms with Crippen LogP contribution in [-0.4, -0.2) is 35.6 Å². The Morgan fingerprint density at radius 1 is 1.29 bits per heavy atom. The molecule has 110 valence electrons. The fourth-order valence-corrected chi connectivity index (χ4v) is 4.10.